The SMILES string of the molecule is CN(C)C(=O)c1ccc(Oc2cc3nc(-c4ccccn4)[nH]c3cc2C2CCCN2C(N)=O)cc1. The molecule has 2 aromatic carbocycles. The Bertz CT molecular complexity index is 1380. The Morgan fingerprint density at radius 3 is 2.63 bits per heavy atom. The molecular weight excluding hydrogens is 444 g/mol. The maximum absolute atomic E-state index is 12.2. The lowest BCUT2D eigenvalue weighted by molar-refractivity contribution is 0.0827. The number of aromatic nitrogens is 3. The monoisotopic (exact) mass is 470 g/mol. The van der Waals surface area contributed by atoms with Crippen LogP contribution in [0.15, 0.2) is 60.8 Å². The maximum Gasteiger partial charge on any atom is 0.315 e. The van der Waals surface area contributed by atoms with Crippen molar-refractivity contribution in [1.29, 1.82) is 0 Å². The molecule has 35 heavy (non-hydrogen) atoms. The molecule has 1 unspecified atom stereocenters. The molecule has 1 fully saturated rings. The molecule has 0 bridgehead atoms. The second kappa shape index (κ2) is 9.09. The van der Waals surface area contributed by atoms with Gasteiger partial charge in [-0.15, -0.1) is 0 Å². The number of hydrogen-bond donors (Lipinski definition) is 2. The van der Waals surface area contributed by atoms with Crippen LogP contribution in [0.2, 0.25) is 0 Å². The summed E-state index contributed by atoms with van der Waals surface area (Å²) in [6, 6.07) is 15.8. The normalized spacial score (nSPS) is 15.4. The Kier molecular flexibility index (Phi) is 5.82. The van der Waals surface area contributed by atoms with Gasteiger partial charge in [-0.3, -0.25) is 9.78 Å². The molecule has 1 saturated heterocycles. The number of carbonyl (C=O) groups excluding carboxylic acids is 2. The van der Waals surface area contributed by atoms with Crippen molar-refractivity contribution in [3.05, 3.63) is 71.9 Å². The zero-order valence-corrected chi connectivity index (χ0v) is 19.6. The number of aromatic amines is 1. The molecule has 1 aliphatic heterocycles. The van der Waals surface area contributed by atoms with Crippen molar-refractivity contribution in [2.75, 3.05) is 20.6 Å². The van der Waals surface area contributed by atoms with Gasteiger partial charge in [0, 0.05) is 44.0 Å². The Hall–Kier alpha value is -4.40. The molecule has 4 aromatic rings. The number of primary amides is 1. The van der Waals surface area contributed by atoms with Crippen molar-refractivity contribution in [3.8, 4) is 23.0 Å². The molecule has 3 N–H and O–H groups in total. The van der Waals surface area contributed by atoms with E-state index in [4.69, 9.17) is 15.5 Å². The first-order valence-corrected chi connectivity index (χ1v) is 11.4. The smallest absolute Gasteiger partial charge is 0.315 e. The quantitative estimate of drug-likeness (QED) is 0.450. The van der Waals surface area contributed by atoms with E-state index in [-0.39, 0.29) is 11.9 Å². The van der Waals surface area contributed by atoms with E-state index < -0.39 is 6.03 Å². The predicted molar refractivity (Wildman–Crippen MR) is 132 cm³/mol. The van der Waals surface area contributed by atoms with E-state index in [9.17, 15) is 9.59 Å². The van der Waals surface area contributed by atoms with Gasteiger partial charge in [-0.1, -0.05) is 6.07 Å². The number of hydrogen-bond acceptors (Lipinski definition) is 5. The van der Waals surface area contributed by atoms with Gasteiger partial charge in [-0.25, -0.2) is 9.78 Å². The summed E-state index contributed by atoms with van der Waals surface area (Å²) < 4.78 is 6.30. The first-order chi connectivity index (χ1) is 16.9. The molecule has 1 aliphatic rings. The fourth-order valence-electron chi connectivity index (χ4n) is 4.43. The Labute approximate surface area is 202 Å². The van der Waals surface area contributed by atoms with Crippen LogP contribution in [0.3, 0.4) is 0 Å². The zero-order valence-electron chi connectivity index (χ0n) is 19.6. The molecule has 5 rings (SSSR count). The molecule has 0 spiro atoms. The summed E-state index contributed by atoms with van der Waals surface area (Å²) in [6.07, 6.45) is 3.35. The molecule has 178 valence electrons. The number of likely N-dealkylation sites (tertiary alicyclic amines) is 1. The third-order valence-corrected chi connectivity index (χ3v) is 6.15. The van der Waals surface area contributed by atoms with Crippen molar-refractivity contribution in [2.24, 2.45) is 5.73 Å². The molecule has 3 heterocycles. The number of carbonyl (C=O) groups is 2. The highest BCUT2D eigenvalue weighted by molar-refractivity contribution is 5.94. The van der Waals surface area contributed by atoms with Crippen LogP contribution in [0.25, 0.3) is 22.6 Å². The summed E-state index contributed by atoms with van der Waals surface area (Å²) in [4.78, 5) is 40.0. The van der Waals surface area contributed by atoms with E-state index in [2.05, 4.69) is 9.97 Å². The average molecular weight is 471 g/mol. The highest BCUT2D eigenvalue weighted by Gasteiger charge is 2.31. The number of urea groups is 1. The topological polar surface area (TPSA) is 117 Å². The van der Waals surface area contributed by atoms with Crippen LogP contribution in [0.4, 0.5) is 4.79 Å². The summed E-state index contributed by atoms with van der Waals surface area (Å²) >= 11 is 0. The summed E-state index contributed by atoms with van der Waals surface area (Å²) in [7, 11) is 3.42. The highest BCUT2D eigenvalue weighted by atomic mass is 16.5. The lowest BCUT2D eigenvalue weighted by Crippen LogP contribution is -2.35. The van der Waals surface area contributed by atoms with Gasteiger partial charge in [0.25, 0.3) is 5.91 Å². The van der Waals surface area contributed by atoms with Crippen LogP contribution in [0.5, 0.6) is 11.5 Å². The number of ether oxygens (including phenoxy) is 1. The highest BCUT2D eigenvalue weighted by Crippen LogP contribution is 2.40. The van der Waals surface area contributed by atoms with Gasteiger partial charge < -0.3 is 25.3 Å². The predicted octanol–water partition coefficient (Wildman–Crippen LogP) is 4.33. The lowest BCUT2D eigenvalue weighted by atomic mass is 10.0. The summed E-state index contributed by atoms with van der Waals surface area (Å²) in [5.41, 5.74) is 9.35. The van der Waals surface area contributed by atoms with Crippen LogP contribution in [-0.2, 0) is 0 Å². The van der Waals surface area contributed by atoms with Crippen molar-refractivity contribution < 1.29 is 14.3 Å². The van der Waals surface area contributed by atoms with E-state index in [0.717, 1.165) is 29.6 Å². The molecular formula is C26H26N6O3. The molecule has 9 nitrogen and oxygen atoms in total. The van der Waals surface area contributed by atoms with Crippen molar-refractivity contribution in [3.63, 3.8) is 0 Å². The molecule has 0 saturated carbocycles. The number of rotatable bonds is 5. The van der Waals surface area contributed by atoms with E-state index >= 15 is 0 Å². The maximum atomic E-state index is 12.2. The number of nitrogens with zero attached hydrogens (tertiary/aromatic N) is 4. The first-order valence-electron chi connectivity index (χ1n) is 11.4. The van der Waals surface area contributed by atoms with Crippen LogP contribution in [0.1, 0.15) is 34.8 Å². The second-order valence-electron chi connectivity index (χ2n) is 8.72. The second-order valence-corrected chi connectivity index (χ2v) is 8.72. The van der Waals surface area contributed by atoms with Gasteiger partial charge in [0.1, 0.15) is 17.2 Å². The Morgan fingerprint density at radius 1 is 1.14 bits per heavy atom. The van der Waals surface area contributed by atoms with Gasteiger partial charge in [-0.05, 0) is 55.3 Å². The minimum atomic E-state index is -0.455. The Balaban J connectivity index is 1.56. The molecule has 2 aromatic heterocycles. The molecule has 9 heteroatoms. The summed E-state index contributed by atoms with van der Waals surface area (Å²) in [5.74, 6) is 1.72. The van der Waals surface area contributed by atoms with E-state index in [1.807, 2.05) is 30.3 Å². The van der Waals surface area contributed by atoms with Gasteiger partial charge in [0.05, 0.1) is 17.1 Å². The molecule has 1 atom stereocenters. The van der Waals surface area contributed by atoms with E-state index in [0.29, 0.717) is 34.9 Å². The fourth-order valence-corrected chi connectivity index (χ4v) is 4.43. The van der Waals surface area contributed by atoms with Crippen LogP contribution in [-0.4, -0.2) is 57.3 Å². The minimum Gasteiger partial charge on any atom is -0.457 e. The van der Waals surface area contributed by atoms with Crippen LogP contribution >= 0.6 is 0 Å². The van der Waals surface area contributed by atoms with Gasteiger partial charge in [-0.2, -0.15) is 0 Å². The molecule has 0 radical (unpaired) electrons. The zero-order chi connectivity index (χ0) is 24.5. The number of nitrogens with one attached hydrogen (secondary N) is 1. The molecule has 3 amide bonds. The van der Waals surface area contributed by atoms with Gasteiger partial charge in [0.2, 0.25) is 0 Å². The van der Waals surface area contributed by atoms with Crippen LogP contribution in [0, 0.1) is 0 Å². The standard InChI is InChI=1S/C26H26N6O3/c1-31(2)25(33)16-8-10-17(11-9-16)35-23-15-21-20(29-24(30-21)19-6-3-4-12-28-19)14-18(23)22-7-5-13-32(22)26(27)34/h3-4,6,8-12,14-15,22H,5,7,13H2,1-2H3,(H2,27,34)(H,29,30). The van der Waals surface area contributed by atoms with Crippen molar-refractivity contribution >= 4 is 23.0 Å². The largest absolute Gasteiger partial charge is 0.457 e. The van der Waals surface area contributed by atoms with Crippen molar-refractivity contribution in [2.45, 2.75) is 18.9 Å². The van der Waals surface area contributed by atoms with E-state index in [1.54, 1.807) is 49.5 Å². The summed E-state index contributed by atoms with van der Waals surface area (Å²) in [6.45, 7) is 0.598. The first kappa shape index (κ1) is 22.4. The number of nitrogens with two attached hydrogens (primary N) is 1. The fraction of sp³-hybridized carbons (Fsp3) is 0.231. The van der Waals surface area contributed by atoms with Crippen LogP contribution < -0.4 is 10.5 Å². The third kappa shape index (κ3) is 4.40. The third-order valence-electron chi connectivity index (χ3n) is 6.15. The molecule has 0 aliphatic carbocycles. The number of amides is 3. The van der Waals surface area contributed by atoms with Gasteiger partial charge in [0.15, 0.2) is 5.82 Å². The number of fused-ring (bicyclic) bond motifs is 1. The van der Waals surface area contributed by atoms with Gasteiger partial charge >= 0.3 is 6.03 Å². The number of imidazole rings is 1. The number of H-pyrrole nitrogens is 1. The summed E-state index contributed by atoms with van der Waals surface area (Å²) in [5, 5.41) is 0. The Morgan fingerprint density at radius 2 is 1.94 bits per heavy atom. The number of benzene rings is 2. The minimum absolute atomic E-state index is 0.0831. The lowest BCUT2D eigenvalue weighted by Gasteiger charge is -2.25. The van der Waals surface area contributed by atoms with Crippen molar-refractivity contribution in [1.82, 2.24) is 24.8 Å². The van der Waals surface area contributed by atoms with E-state index in [1.165, 1.54) is 4.90 Å². The average Bonchev–Trinajstić information content (AvgIpc) is 3.51. The number of pyridine rings is 1.